The molecule has 1 aliphatic heterocycles. The van der Waals surface area contributed by atoms with Gasteiger partial charge in [-0.1, -0.05) is 36.4 Å². The minimum Gasteiger partial charge on any atom is -0.339 e. The fourth-order valence-electron chi connectivity index (χ4n) is 3.30. The van der Waals surface area contributed by atoms with E-state index in [4.69, 9.17) is 0 Å². The molecular formula is C21H21N3O. The Morgan fingerprint density at radius 1 is 0.960 bits per heavy atom. The van der Waals surface area contributed by atoms with Crippen LogP contribution in [0.5, 0.6) is 0 Å². The lowest BCUT2D eigenvalue weighted by atomic mass is 10.1. The summed E-state index contributed by atoms with van der Waals surface area (Å²) in [6, 6.07) is 15.9. The zero-order valence-corrected chi connectivity index (χ0v) is 14.1. The van der Waals surface area contributed by atoms with Crippen LogP contribution in [0.15, 0.2) is 48.5 Å². The summed E-state index contributed by atoms with van der Waals surface area (Å²) in [4.78, 5) is 14.5. The van der Waals surface area contributed by atoms with Crippen LogP contribution in [-0.4, -0.2) is 34.1 Å². The summed E-state index contributed by atoms with van der Waals surface area (Å²) >= 11 is 0. The quantitative estimate of drug-likeness (QED) is 0.775. The van der Waals surface area contributed by atoms with E-state index in [0.717, 1.165) is 53.7 Å². The molecule has 0 saturated carbocycles. The molecule has 2 heterocycles. The van der Waals surface area contributed by atoms with E-state index in [2.05, 4.69) is 16.3 Å². The molecule has 1 N–H and O–H groups in total. The first-order chi connectivity index (χ1) is 12.3. The monoisotopic (exact) mass is 331 g/mol. The maximum atomic E-state index is 12.5. The van der Waals surface area contributed by atoms with Crippen LogP contribution in [0.3, 0.4) is 0 Å². The Morgan fingerprint density at radius 2 is 1.72 bits per heavy atom. The number of carbonyl (C=O) groups is 1. The average Bonchev–Trinajstić information content (AvgIpc) is 3.10. The molecule has 2 aromatic carbocycles. The zero-order chi connectivity index (χ0) is 17.1. The highest BCUT2D eigenvalue weighted by Gasteiger charge is 2.17. The van der Waals surface area contributed by atoms with Gasteiger partial charge in [0.15, 0.2) is 0 Å². The van der Waals surface area contributed by atoms with Gasteiger partial charge in [0, 0.05) is 24.0 Å². The van der Waals surface area contributed by atoms with Crippen molar-refractivity contribution in [1.29, 1.82) is 0 Å². The zero-order valence-electron chi connectivity index (χ0n) is 14.1. The molecule has 1 aromatic heterocycles. The number of carbonyl (C=O) groups excluding carboxylic acids is 1. The van der Waals surface area contributed by atoms with E-state index in [1.54, 1.807) is 0 Å². The van der Waals surface area contributed by atoms with E-state index in [-0.39, 0.29) is 5.91 Å². The highest BCUT2D eigenvalue weighted by molar-refractivity contribution is 5.94. The number of H-pyrrole nitrogens is 1. The normalized spacial score (nSPS) is 15.1. The minimum atomic E-state index is 0.147. The highest BCUT2D eigenvalue weighted by Crippen LogP contribution is 2.18. The number of aromatic amines is 1. The second-order valence-electron chi connectivity index (χ2n) is 6.46. The lowest BCUT2D eigenvalue weighted by Gasteiger charge is -2.26. The van der Waals surface area contributed by atoms with Crippen LogP contribution in [-0.2, 0) is 0 Å². The van der Waals surface area contributed by atoms with Gasteiger partial charge in [0.25, 0.3) is 5.91 Å². The van der Waals surface area contributed by atoms with E-state index in [1.807, 2.05) is 59.5 Å². The minimum absolute atomic E-state index is 0.147. The molecule has 3 aromatic rings. The Labute approximate surface area is 147 Å². The Bertz CT molecular complexity index is 902. The number of hydrogen-bond donors (Lipinski definition) is 1. The molecule has 126 valence electrons. The molecular weight excluding hydrogens is 310 g/mol. The van der Waals surface area contributed by atoms with Gasteiger partial charge in [0.05, 0.1) is 11.2 Å². The molecule has 0 unspecified atom stereocenters. The summed E-state index contributed by atoms with van der Waals surface area (Å²) in [6.45, 7) is 1.76. The topological polar surface area (TPSA) is 49.0 Å². The number of nitrogens with zero attached hydrogens (tertiary/aromatic N) is 2. The van der Waals surface area contributed by atoms with Gasteiger partial charge >= 0.3 is 0 Å². The fraction of sp³-hybridized carbons (Fsp3) is 0.238. The van der Waals surface area contributed by atoms with Gasteiger partial charge < -0.3 is 4.90 Å². The van der Waals surface area contributed by atoms with Gasteiger partial charge in [0.2, 0.25) is 0 Å². The number of piperidine rings is 1. The second-order valence-corrected chi connectivity index (χ2v) is 6.46. The number of hydrogen-bond acceptors (Lipinski definition) is 2. The molecule has 4 rings (SSSR count). The van der Waals surface area contributed by atoms with Gasteiger partial charge in [-0.3, -0.25) is 9.89 Å². The van der Waals surface area contributed by atoms with Gasteiger partial charge in [-0.2, -0.15) is 5.10 Å². The third kappa shape index (κ3) is 3.33. The summed E-state index contributed by atoms with van der Waals surface area (Å²) in [6.07, 6.45) is 7.49. The number of likely N-dealkylation sites (tertiary alicyclic amines) is 1. The molecule has 4 heteroatoms. The summed E-state index contributed by atoms with van der Waals surface area (Å²) < 4.78 is 0. The first-order valence-electron chi connectivity index (χ1n) is 8.82. The average molecular weight is 331 g/mol. The van der Waals surface area contributed by atoms with Gasteiger partial charge in [0.1, 0.15) is 0 Å². The SMILES string of the molecule is O=C(c1ccc(C=Cc2n[nH]c3ccccc23)cc1)N1CCCCC1. The lowest BCUT2D eigenvalue weighted by molar-refractivity contribution is 0.0724. The van der Waals surface area contributed by atoms with Gasteiger partial charge in [-0.05, 0) is 49.1 Å². The van der Waals surface area contributed by atoms with Crippen molar-refractivity contribution in [3.63, 3.8) is 0 Å². The maximum Gasteiger partial charge on any atom is 0.253 e. The molecule has 1 fully saturated rings. The molecule has 4 nitrogen and oxygen atoms in total. The van der Waals surface area contributed by atoms with E-state index >= 15 is 0 Å². The van der Waals surface area contributed by atoms with Crippen molar-refractivity contribution in [3.8, 4) is 0 Å². The van der Waals surface area contributed by atoms with Crippen LogP contribution >= 0.6 is 0 Å². The number of para-hydroxylation sites is 1. The number of benzene rings is 2. The number of aromatic nitrogens is 2. The molecule has 0 atom stereocenters. The Kier molecular flexibility index (Phi) is 4.34. The van der Waals surface area contributed by atoms with Crippen LogP contribution in [0.2, 0.25) is 0 Å². The van der Waals surface area contributed by atoms with E-state index < -0.39 is 0 Å². The van der Waals surface area contributed by atoms with E-state index in [0.29, 0.717) is 0 Å². The fourth-order valence-corrected chi connectivity index (χ4v) is 3.30. The smallest absolute Gasteiger partial charge is 0.253 e. The van der Waals surface area contributed by atoms with Crippen LogP contribution in [0.4, 0.5) is 0 Å². The first-order valence-corrected chi connectivity index (χ1v) is 8.82. The van der Waals surface area contributed by atoms with Gasteiger partial charge in [-0.15, -0.1) is 0 Å². The second kappa shape index (κ2) is 6.93. The Balaban J connectivity index is 1.49. The third-order valence-electron chi connectivity index (χ3n) is 4.73. The van der Waals surface area contributed by atoms with Crippen molar-refractivity contribution in [1.82, 2.24) is 15.1 Å². The number of nitrogens with one attached hydrogen (secondary N) is 1. The predicted octanol–water partition coefficient (Wildman–Crippen LogP) is 4.36. The van der Waals surface area contributed by atoms with Crippen molar-refractivity contribution < 1.29 is 4.79 Å². The molecule has 25 heavy (non-hydrogen) atoms. The summed E-state index contributed by atoms with van der Waals surface area (Å²) in [5.41, 5.74) is 3.78. The Hall–Kier alpha value is -2.88. The van der Waals surface area contributed by atoms with Crippen LogP contribution in [0.1, 0.15) is 40.9 Å². The van der Waals surface area contributed by atoms with Crippen molar-refractivity contribution in [3.05, 3.63) is 65.4 Å². The molecule has 1 amide bonds. The third-order valence-corrected chi connectivity index (χ3v) is 4.73. The van der Waals surface area contributed by atoms with E-state index in [1.165, 1.54) is 6.42 Å². The number of rotatable bonds is 3. The van der Waals surface area contributed by atoms with Crippen molar-refractivity contribution in [2.24, 2.45) is 0 Å². The van der Waals surface area contributed by atoms with Gasteiger partial charge in [-0.25, -0.2) is 0 Å². The van der Waals surface area contributed by atoms with Crippen LogP contribution in [0, 0.1) is 0 Å². The predicted molar refractivity (Wildman–Crippen MR) is 101 cm³/mol. The first kappa shape index (κ1) is 15.6. The Morgan fingerprint density at radius 3 is 2.52 bits per heavy atom. The summed E-state index contributed by atoms with van der Waals surface area (Å²) in [7, 11) is 0. The maximum absolute atomic E-state index is 12.5. The lowest BCUT2D eigenvalue weighted by Crippen LogP contribution is -2.35. The van der Waals surface area contributed by atoms with Crippen molar-refractivity contribution >= 4 is 29.0 Å². The van der Waals surface area contributed by atoms with E-state index in [9.17, 15) is 4.79 Å². The largest absolute Gasteiger partial charge is 0.339 e. The molecule has 0 spiro atoms. The van der Waals surface area contributed by atoms with Crippen molar-refractivity contribution in [2.75, 3.05) is 13.1 Å². The summed E-state index contributed by atoms with van der Waals surface area (Å²) in [5.74, 6) is 0.147. The molecule has 0 aliphatic carbocycles. The molecule has 1 aliphatic rings. The molecule has 1 saturated heterocycles. The summed E-state index contributed by atoms with van der Waals surface area (Å²) in [5, 5.41) is 8.49. The standard InChI is InChI=1S/C21H21N3O/c25-21(24-14-4-1-5-15-24)17-11-8-16(9-12-17)10-13-20-18-6-2-3-7-19(18)22-23-20/h2-3,6-13H,1,4-5,14-15H2,(H,22,23). The number of fused-ring (bicyclic) bond motifs is 1. The molecule has 0 radical (unpaired) electrons. The van der Waals surface area contributed by atoms with Crippen LogP contribution in [0.25, 0.3) is 23.1 Å². The van der Waals surface area contributed by atoms with Crippen molar-refractivity contribution in [2.45, 2.75) is 19.3 Å². The van der Waals surface area contributed by atoms with Crippen LogP contribution < -0.4 is 0 Å². The highest BCUT2D eigenvalue weighted by atomic mass is 16.2. The molecule has 0 bridgehead atoms. The number of amides is 1.